The molecule has 150 valence electrons. The Hall–Kier alpha value is -3.26. The highest BCUT2D eigenvalue weighted by Gasteiger charge is 2.18. The van der Waals surface area contributed by atoms with Crippen LogP contribution in [0.3, 0.4) is 0 Å². The summed E-state index contributed by atoms with van der Waals surface area (Å²) in [6.07, 6.45) is 0. The first-order valence-corrected chi connectivity index (χ1v) is 9.58. The lowest BCUT2D eigenvalue weighted by atomic mass is 10.2. The molecule has 0 aliphatic heterocycles. The van der Waals surface area contributed by atoms with Gasteiger partial charge in [0.15, 0.2) is 6.61 Å². The van der Waals surface area contributed by atoms with Gasteiger partial charge in [-0.1, -0.05) is 12.1 Å². The summed E-state index contributed by atoms with van der Waals surface area (Å²) in [6.45, 7) is 1.53. The van der Waals surface area contributed by atoms with E-state index in [4.69, 9.17) is 9.47 Å². The number of esters is 1. The van der Waals surface area contributed by atoms with Crippen LogP contribution in [0.4, 0.5) is 4.39 Å². The number of nitrogens with zero attached hydrogens (tertiary/aromatic N) is 1. The maximum atomic E-state index is 12.9. The van der Waals surface area contributed by atoms with Crippen molar-refractivity contribution in [3.05, 3.63) is 70.5 Å². The molecular weight excluding hydrogens is 395 g/mol. The first-order valence-electron chi connectivity index (χ1n) is 8.76. The zero-order valence-electron chi connectivity index (χ0n) is 15.9. The van der Waals surface area contributed by atoms with Gasteiger partial charge in [0.1, 0.15) is 21.5 Å². The fourth-order valence-corrected chi connectivity index (χ4v) is 3.46. The minimum Gasteiger partial charge on any atom is -0.497 e. The van der Waals surface area contributed by atoms with E-state index >= 15 is 0 Å². The van der Waals surface area contributed by atoms with E-state index in [0.717, 1.165) is 16.9 Å². The summed E-state index contributed by atoms with van der Waals surface area (Å²) >= 11 is 1.20. The molecule has 0 unspecified atom stereocenters. The Labute approximate surface area is 171 Å². The fourth-order valence-electron chi connectivity index (χ4n) is 2.49. The number of hydrogen-bond acceptors (Lipinski definition) is 6. The average molecular weight is 414 g/mol. The number of thiazole rings is 1. The van der Waals surface area contributed by atoms with Gasteiger partial charge in [-0.25, -0.2) is 14.2 Å². The number of rotatable bonds is 7. The van der Waals surface area contributed by atoms with Crippen molar-refractivity contribution in [2.45, 2.75) is 13.5 Å². The second kappa shape index (κ2) is 9.29. The molecule has 3 aromatic rings. The normalized spacial score (nSPS) is 10.4. The van der Waals surface area contributed by atoms with Gasteiger partial charge in [0, 0.05) is 12.1 Å². The Kier molecular flexibility index (Phi) is 6.56. The van der Waals surface area contributed by atoms with Gasteiger partial charge in [-0.05, 0) is 48.9 Å². The van der Waals surface area contributed by atoms with Crippen LogP contribution in [0.25, 0.3) is 10.6 Å². The predicted octanol–water partition coefficient (Wildman–Crippen LogP) is 3.74. The van der Waals surface area contributed by atoms with Crippen LogP contribution in [0.5, 0.6) is 5.75 Å². The summed E-state index contributed by atoms with van der Waals surface area (Å²) in [5.41, 5.74) is 2.14. The van der Waals surface area contributed by atoms with Crippen LogP contribution in [0.15, 0.2) is 48.5 Å². The van der Waals surface area contributed by atoms with Gasteiger partial charge in [0.05, 0.1) is 12.8 Å². The number of carbonyl (C=O) groups excluding carboxylic acids is 2. The van der Waals surface area contributed by atoms with Crippen molar-refractivity contribution in [2.24, 2.45) is 0 Å². The van der Waals surface area contributed by atoms with Crippen LogP contribution in [0.1, 0.15) is 20.9 Å². The maximum Gasteiger partial charge on any atom is 0.350 e. The van der Waals surface area contributed by atoms with Crippen molar-refractivity contribution in [1.29, 1.82) is 0 Å². The Morgan fingerprint density at radius 2 is 1.79 bits per heavy atom. The molecule has 1 amide bonds. The standard InChI is InChI=1S/C21H19FN2O4S/c1-13-19(29-20(24-13)15-5-9-17(27-2)10-6-15)21(26)28-12-18(25)23-11-14-3-7-16(22)8-4-14/h3-10H,11-12H2,1-2H3,(H,23,25). The third kappa shape index (κ3) is 5.39. The largest absolute Gasteiger partial charge is 0.497 e. The number of hydrogen-bond donors (Lipinski definition) is 1. The molecule has 0 aliphatic rings. The van der Waals surface area contributed by atoms with E-state index in [1.807, 2.05) is 24.3 Å². The quantitative estimate of drug-likeness (QED) is 0.596. The molecule has 0 aliphatic carbocycles. The number of nitrogens with one attached hydrogen (secondary N) is 1. The first kappa shape index (κ1) is 20.5. The first-order chi connectivity index (χ1) is 14.0. The lowest BCUT2D eigenvalue weighted by Gasteiger charge is -2.06. The topological polar surface area (TPSA) is 77.5 Å². The SMILES string of the molecule is COc1ccc(-c2nc(C)c(C(=O)OCC(=O)NCc3ccc(F)cc3)s2)cc1. The van der Waals surface area contributed by atoms with E-state index in [1.165, 1.54) is 23.5 Å². The van der Waals surface area contributed by atoms with Crippen molar-refractivity contribution in [3.8, 4) is 16.3 Å². The molecule has 0 spiro atoms. The zero-order chi connectivity index (χ0) is 20.8. The summed E-state index contributed by atoms with van der Waals surface area (Å²) in [6, 6.07) is 13.1. The van der Waals surface area contributed by atoms with E-state index < -0.39 is 18.5 Å². The van der Waals surface area contributed by atoms with Crippen LogP contribution in [-0.2, 0) is 16.1 Å². The average Bonchev–Trinajstić information content (AvgIpc) is 3.13. The molecule has 0 fully saturated rings. The van der Waals surface area contributed by atoms with Gasteiger partial charge in [0.2, 0.25) is 0 Å². The molecule has 6 nitrogen and oxygen atoms in total. The molecule has 29 heavy (non-hydrogen) atoms. The molecule has 1 aromatic heterocycles. The molecule has 2 aromatic carbocycles. The summed E-state index contributed by atoms with van der Waals surface area (Å²) in [5, 5.41) is 3.30. The third-order valence-corrected chi connectivity index (χ3v) is 5.24. The number of aromatic nitrogens is 1. The number of halogens is 1. The van der Waals surface area contributed by atoms with Crippen LogP contribution in [-0.4, -0.2) is 30.6 Å². The van der Waals surface area contributed by atoms with E-state index in [0.29, 0.717) is 15.6 Å². The van der Waals surface area contributed by atoms with Gasteiger partial charge >= 0.3 is 5.97 Å². The molecule has 0 saturated carbocycles. The molecule has 8 heteroatoms. The number of methoxy groups -OCH3 is 1. The van der Waals surface area contributed by atoms with Crippen LogP contribution in [0, 0.1) is 12.7 Å². The molecule has 0 radical (unpaired) electrons. The minimum atomic E-state index is -0.600. The van der Waals surface area contributed by atoms with Gasteiger partial charge in [-0.2, -0.15) is 0 Å². The summed E-state index contributed by atoms with van der Waals surface area (Å²) in [4.78, 5) is 29.0. The van der Waals surface area contributed by atoms with E-state index in [-0.39, 0.29) is 12.4 Å². The smallest absolute Gasteiger partial charge is 0.350 e. The van der Waals surface area contributed by atoms with Crippen LogP contribution in [0.2, 0.25) is 0 Å². The summed E-state index contributed by atoms with van der Waals surface area (Å²) < 4.78 is 23.1. The zero-order valence-corrected chi connectivity index (χ0v) is 16.7. The van der Waals surface area contributed by atoms with Crippen LogP contribution < -0.4 is 10.1 Å². The third-order valence-electron chi connectivity index (χ3n) is 4.06. The number of carbonyl (C=O) groups is 2. The molecule has 1 N–H and O–H groups in total. The van der Waals surface area contributed by atoms with Crippen molar-refractivity contribution in [1.82, 2.24) is 10.3 Å². The Balaban J connectivity index is 1.55. The molecular formula is C21H19FN2O4S. The Morgan fingerprint density at radius 1 is 1.10 bits per heavy atom. The highest BCUT2D eigenvalue weighted by atomic mass is 32.1. The molecule has 0 atom stereocenters. The fraction of sp³-hybridized carbons (Fsp3) is 0.190. The van der Waals surface area contributed by atoms with Gasteiger partial charge in [0.25, 0.3) is 5.91 Å². The molecule has 3 rings (SSSR count). The second-order valence-electron chi connectivity index (χ2n) is 6.14. The monoisotopic (exact) mass is 414 g/mol. The predicted molar refractivity (Wildman–Crippen MR) is 107 cm³/mol. The number of ether oxygens (including phenoxy) is 2. The lowest BCUT2D eigenvalue weighted by Crippen LogP contribution is -2.28. The van der Waals surface area contributed by atoms with Crippen molar-refractivity contribution >= 4 is 23.2 Å². The minimum absolute atomic E-state index is 0.220. The van der Waals surface area contributed by atoms with Crippen molar-refractivity contribution in [3.63, 3.8) is 0 Å². The van der Waals surface area contributed by atoms with Gasteiger partial charge in [-0.15, -0.1) is 11.3 Å². The summed E-state index contributed by atoms with van der Waals surface area (Å²) in [7, 11) is 1.59. The highest BCUT2D eigenvalue weighted by molar-refractivity contribution is 7.17. The van der Waals surface area contributed by atoms with E-state index in [1.54, 1.807) is 26.2 Å². The second-order valence-corrected chi connectivity index (χ2v) is 7.14. The number of benzene rings is 2. The Bertz CT molecular complexity index is 1000. The lowest BCUT2D eigenvalue weighted by molar-refractivity contribution is -0.124. The van der Waals surface area contributed by atoms with Gasteiger partial charge < -0.3 is 14.8 Å². The number of amides is 1. The van der Waals surface area contributed by atoms with Crippen molar-refractivity contribution < 1.29 is 23.5 Å². The molecule has 0 saturated heterocycles. The Morgan fingerprint density at radius 3 is 2.45 bits per heavy atom. The summed E-state index contributed by atoms with van der Waals surface area (Å²) in [5.74, 6) is -0.659. The molecule has 1 heterocycles. The highest BCUT2D eigenvalue weighted by Crippen LogP contribution is 2.29. The van der Waals surface area contributed by atoms with E-state index in [9.17, 15) is 14.0 Å². The van der Waals surface area contributed by atoms with Gasteiger partial charge in [-0.3, -0.25) is 4.79 Å². The maximum absolute atomic E-state index is 12.9. The van der Waals surface area contributed by atoms with E-state index in [2.05, 4.69) is 10.3 Å². The molecule has 0 bridgehead atoms. The van der Waals surface area contributed by atoms with Crippen molar-refractivity contribution in [2.75, 3.05) is 13.7 Å². The number of aryl methyl sites for hydroxylation is 1. The van der Waals surface area contributed by atoms with Crippen LogP contribution >= 0.6 is 11.3 Å².